The number of rotatable bonds is 5. The summed E-state index contributed by atoms with van der Waals surface area (Å²) < 4.78 is 30.2. The number of halogens is 2. The molecule has 1 aromatic heterocycles. The second kappa shape index (κ2) is 4.95. The highest BCUT2D eigenvalue weighted by Crippen LogP contribution is 2.25. The molecule has 86 valence electrons. The van der Waals surface area contributed by atoms with Gasteiger partial charge in [-0.3, -0.25) is 0 Å². The quantitative estimate of drug-likeness (QED) is 0.818. The highest BCUT2D eigenvalue weighted by atomic mass is 19.3. The first-order valence-electron chi connectivity index (χ1n) is 4.78. The average Bonchev–Trinajstić information content (AvgIpc) is 2.40. The van der Waals surface area contributed by atoms with E-state index in [-0.39, 0.29) is 5.88 Å². The Bertz CT molecular complexity index is 325. The predicted molar refractivity (Wildman–Crippen MR) is 53.1 cm³/mol. The molecule has 0 aliphatic carbocycles. The minimum absolute atomic E-state index is 0.221. The van der Waals surface area contributed by atoms with Gasteiger partial charge >= 0.3 is 0 Å². The van der Waals surface area contributed by atoms with Gasteiger partial charge in [-0.25, -0.2) is 13.5 Å². The van der Waals surface area contributed by atoms with Crippen LogP contribution in [0.1, 0.15) is 19.0 Å². The Morgan fingerprint density at radius 2 is 2.20 bits per heavy atom. The lowest BCUT2D eigenvalue weighted by Crippen LogP contribution is -2.10. The Kier molecular flexibility index (Phi) is 3.88. The van der Waals surface area contributed by atoms with Crippen LogP contribution in [0.15, 0.2) is 0 Å². The monoisotopic (exact) mass is 219 g/mol. The smallest absolute Gasteiger partial charge is 0.272 e. The molecule has 15 heavy (non-hydrogen) atoms. The first-order valence-corrected chi connectivity index (χ1v) is 4.78. The van der Waals surface area contributed by atoms with Gasteiger partial charge in [0.1, 0.15) is 5.69 Å². The van der Waals surface area contributed by atoms with Crippen LogP contribution in [0.25, 0.3) is 0 Å². The maximum Gasteiger partial charge on any atom is 0.272 e. The second-order valence-corrected chi connectivity index (χ2v) is 3.24. The van der Waals surface area contributed by atoms with Crippen LogP contribution in [0.2, 0.25) is 0 Å². The molecule has 0 saturated heterocycles. The van der Waals surface area contributed by atoms with Crippen molar-refractivity contribution in [2.24, 2.45) is 7.05 Å². The van der Waals surface area contributed by atoms with Crippen LogP contribution in [0.3, 0.4) is 0 Å². The summed E-state index contributed by atoms with van der Waals surface area (Å²) in [5, 5.41) is 4.10. The van der Waals surface area contributed by atoms with Gasteiger partial charge in [0.15, 0.2) is 6.61 Å². The molecule has 0 aliphatic heterocycles. The van der Waals surface area contributed by atoms with Crippen LogP contribution < -0.4 is 10.5 Å². The Labute approximate surface area is 87.0 Å². The molecule has 0 atom stereocenters. The number of nitrogens with two attached hydrogens (primary N) is 1. The summed E-state index contributed by atoms with van der Waals surface area (Å²) in [6, 6.07) is 0. The third kappa shape index (κ3) is 2.81. The van der Waals surface area contributed by atoms with Crippen molar-refractivity contribution in [3.8, 4) is 5.88 Å². The van der Waals surface area contributed by atoms with Crippen molar-refractivity contribution in [1.82, 2.24) is 9.78 Å². The maximum atomic E-state index is 11.9. The zero-order valence-corrected chi connectivity index (χ0v) is 8.83. The van der Waals surface area contributed by atoms with E-state index in [4.69, 9.17) is 10.5 Å². The summed E-state index contributed by atoms with van der Waals surface area (Å²) in [5.41, 5.74) is 6.78. The molecule has 0 saturated carbocycles. The molecule has 0 spiro atoms. The third-order valence-electron chi connectivity index (χ3n) is 1.94. The minimum atomic E-state index is -2.51. The number of aryl methyl sites for hydroxylation is 2. The summed E-state index contributed by atoms with van der Waals surface area (Å²) >= 11 is 0. The Balaban J connectivity index is 2.78. The van der Waals surface area contributed by atoms with Crippen LogP contribution in [-0.2, 0) is 13.5 Å². The molecule has 0 unspecified atom stereocenters. The molecule has 4 nitrogen and oxygen atoms in total. The second-order valence-electron chi connectivity index (χ2n) is 3.24. The van der Waals surface area contributed by atoms with Crippen LogP contribution in [0, 0.1) is 0 Å². The SMILES string of the molecule is CCCc1nn(C)c(OCC(F)F)c1N. The van der Waals surface area contributed by atoms with Gasteiger partial charge in [-0.2, -0.15) is 5.10 Å². The topological polar surface area (TPSA) is 53.1 Å². The van der Waals surface area contributed by atoms with Crippen molar-refractivity contribution >= 4 is 5.69 Å². The number of nitrogen functional groups attached to an aromatic ring is 1. The average molecular weight is 219 g/mol. The van der Waals surface area contributed by atoms with E-state index in [1.165, 1.54) is 4.68 Å². The van der Waals surface area contributed by atoms with E-state index in [0.29, 0.717) is 11.4 Å². The van der Waals surface area contributed by atoms with E-state index in [1.54, 1.807) is 7.05 Å². The molecule has 6 heteroatoms. The van der Waals surface area contributed by atoms with Gasteiger partial charge in [0.2, 0.25) is 5.88 Å². The summed E-state index contributed by atoms with van der Waals surface area (Å²) in [6.45, 7) is 1.34. The van der Waals surface area contributed by atoms with Gasteiger partial charge in [-0.1, -0.05) is 13.3 Å². The van der Waals surface area contributed by atoms with Gasteiger partial charge in [0.05, 0.1) is 5.69 Å². The predicted octanol–water partition coefficient (Wildman–Crippen LogP) is 1.60. The lowest BCUT2D eigenvalue weighted by Gasteiger charge is -2.05. The van der Waals surface area contributed by atoms with Crippen LogP contribution >= 0.6 is 0 Å². The van der Waals surface area contributed by atoms with Crippen molar-refractivity contribution in [2.75, 3.05) is 12.3 Å². The Morgan fingerprint density at radius 3 is 2.73 bits per heavy atom. The molecule has 0 amide bonds. The molecule has 1 rings (SSSR count). The van der Waals surface area contributed by atoms with E-state index in [2.05, 4.69) is 5.10 Å². The largest absolute Gasteiger partial charge is 0.470 e. The van der Waals surface area contributed by atoms with Crippen LogP contribution in [0.5, 0.6) is 5.88 Å². The van der Waals surface area contributed by atoms with Gasteiger partial charge in [0.25, 0.3) is 6.43 Å². The van der Waals surface area contributed by atoms with Crippen molar-refractivity contribution in [2.45, 2.75) is 26.2 Å². The standard InChI is InChI=1S/C9H15F2N3O/c1-3-4-6-8(12)9(14(2)13-6)15-5-7(10)11/h7H,3-5,12H2,1-2H3. The number of alkyl halides is 2. The first-order chi connectivity index (χ1) is 7.06. The molecule has 1 heterocycles. The van der Waals surface area contributed by atoms with Crippen molar-refractivity contribution in [1.29, 1.82) is 0 Å². The lowest BCUT2D eigenvalue weighted by atomic mass is 10.2. The first kappa shape index (κ1) is 11.7. The molecule has 0 aliphatic rings. The molecule has 1 aromatic rings. The number of aromatic nitrogens is 2. The van der Waals surface area contributed by atoms with Gasteiger partial charge < -0.3 is 10.5 Å². The van der Waals surface area contributed by atoms with Gasteiger partial charge in [-0.15, -0.1) is 0 Å². The Morgan fingerprint density at radius 1 is 1.53 bits per heavy atom. The molecule has 0 aromatic carbocycles. The molecule has 0 bridgehead atoms. The third-order valence-corrected chi connectivity index (χ3v) is 1.94. The molecule has 2 N–H and O–H groups in total. The van der Waals surface area contributed by atoms with Crippen LogP contribution in [-0.4, -0.2) is 22.8 Å². The number of hydrogen-bond acceptors (Lipinski definition) is 3. The fourth-order valence-corrected chi connectivity index (χ4v) is 1.31. The van der Waals surface area contributed by atoms with E-state index in [9.17, 15) is 8.78 Å². The molecule has 0 radical (unpaired) electrons. The van der Waals surface area contributed by atoms with E-state index in [0.717, 1.165) is 12.8 Å². The zero-order chi connectivity index (χ0) is 11.4. The summed E-state index contributed by atoms with van der Waals surface area (Å²) in [4.78, 5) is 0. The summed E-state index contributed by atoms with van der Waals surface area (Å²) in [6.07, 6.45) is -0.887. The summed E-state index contributed by atoms with van der Waals surface area (Å²) in [7, 11) is 1.62. The van der Waals surface area contributed by atoms with E-state index < -0.39 is 13.0 Å². The summed E-state index contributed by atoms with van der Waals surface area (Å²) in [5.74, 6) is 0.221. The molecular formula is C9H15F2N3O. The molecule has 0 fully saturated rings. The lowest BCUT2D eigenvalue weighted by molar-refractivity contribution is 0.0778. The Hall–Kier alpha value is -1.33. The fourth-order valence-electron chi connectivity index (χ4n) is 1.31. The van der Waals surface area contributed by atoms with Crippen molar-refractivity contribution < 1.29 is 13.5 Å². The molecular weight excluding hydrogens is 204 g/mol. The highest BCUT2D eigenvalue weighted by Gasteiger charge is 2.15. The number of ether oxygens (including phenoxy) is 1. The van der Waals surface area contributed by atoms with Crippen molar-refractivity contribution in [3.63, 3.8) is 0 Å². The number of anilines is 1. The van der Waals surface area contributed by atoms with E-state index in [1.807, 2.05) is 6.92 Å². The number of hydrogen-bond donors (Lipinski definition) is 1. The van der Waals surface area contributed by atoms with Crippen molar-refractivity contribution in [3.05, 3.63) is 5.69 Å². The normalized spacial score (nSPS) is 11.0. The number of nitrogens with zero attached hydrogens (tertiary/aromatic N) is 2. The van der Waals surface area contributed by atoms with E-state index >= 15 is 0 Å². The van der Waals surface area contributed by atoms with Gasteiger partial charge in [-0.05, 0) is 6.42 Å². The maximum absolute atomic E-state index is 11.9. The van der Waals surface area contributed by atoms with Gasteiger partial charge in [0, 0.05) is 7.05 Å². The fraction of sp³-hybridized carbons (Fsp3) is 0.667. The van der Waals surface area contributed by atoms with Crippen LogP contribution in [0.4, 0.5) is 14.5 Å². The zero-order valence-electron chi connectivity index (χ0n) is 8.83. The minimum Gasteiger partial charge on any atom is -0.470 e. The highest BCUT2D eigenvalue weighted by molar-refractivity contribution is 5.53.